The van der Waals surface area contributed by atoms with Crippen molar-refractivity contribution in [3.8, 4) is 0 Å². The van der Waals surface area contributed by atoms with Gasteiger partial charge in [0.05, 0.1) is 17.2 Å². The normalized spacial score (nSPS) is 27.9. The van der Waals surface area contributed by atoms with Crippen LogP contribution in [0.2, 0.25) is 0 Å². The van der Waals surface area contributed by atoms with Crippen molar-refractivity contribution in [3.05, 3.63) is 42.1 Å². The summed E-state index contributed by atoms with van der Waals surface area (Å²) in [6.07, 6.45) is 4.07. The Morgan fingerprint density at radius 3 is 3.10 bits per heavy atom. The van der Waals surface area contributed by atoms with Crippen molar-refractivity contribution >= 4 is 16.8 Å². The van der Waals surface area contributed by atoms with Gasteiger partial charge in [-0.2, -0.15) is 0 Å². The molecule has 4 rings (SSSR count). The van der Waals surface area contributed by atoms with Crippen LogP contribution in [-0.2, 0) is 4.74 Å². The van der Waals surface area contributed by atoms with Crippen molar-refractivity contribution in [2.45, 2.75) is 25.0 Å². The van der Waals surface area contributed by atoms with Gasteiger partial charge in [-0.3, -0.25) is 9.78 Å². The van der Waals surface area contributed by atoms with Gasteiger partial charge >= 0.3 is 0 Å². The molecule has 4 nitrogen and oxygen atoms in total. The molecule has 1 saturated carbocycles. The molecule has 1 aromatic heterocycles. The fourth-order valence-electron chi connectivity index (χ4n) is 3.30. The molecule has 2 aliphatic rings. The van der Waals surface area contributed by atoms with Crippen molar-refractivity contribution in [2.24, 2.45) is 5.92 Å². The van der Waals surface area contributed by atoms with Crippen molar-refractivity contribution in [3.63, 3.8) is 0 Å². The second-order valence-corrected chi connectivity index (χ2v) is 5.55. The van der Waals surface area contributed by atoms with Crippen molar-refractivity contribution < 1.29 is 9.53 Å². The molecule has 0 spiro atoms. The lowest BCUT2D eigenvalue weighted by Crippen LogP contribution is -2.53. The molecule has 0 bridgehead atoms. The SMILES string of the molecule is O=C(N[C@@H]1C[C@H]2OCC[C@@H]12)c1ccnc2ccccc12. The van der Waals surface area contributed by atoms with Crippen LogP contribution in [0.1, 0.15) is 23.2 Å². The zero-order chi connectivity index (χ0) is 13.5. The Morgan fingerprint density at radius 2 is 2.20 bits per heavy atom. The number of carbonyl (C=O) groups excluding carboxylic acids is 1. The highest BCUT2D eigenvalue weighted by Gasteiger charge is 2.45. The second-order valence-electron chi connectivity index (χ2n) is 5.55. The van der Waals surface area contributed by atoms with E-state index >= 15 is 0 Å². The molecule has 0 radical (unpaired) electrons. The predicted octanol–water partition coefficient (Wildman–Crippen LogP) is 2.14. The molecule has 2 heterocycles. The number of nitrogens with zero attached hydrogens (tertiary/aromatic N) is 1. The molecule has 1 N–H and O–H groups in total. The molecule has 1 saturated heterocycles. The number of benzene rings is 1. The quantitative estimate of drug-likeness (QED) is 0.908. The van der Waals surface area contributed by atoms with E-state index in [0.29, 0.717) is 17.6 Å². The maximum atomic E-state index is 12.5. The summed E-state index contributed by atoms with van der Waals surface area (Å²) in [6.45, 7) is 0.833. The van der Waals surface area contributed by atoms with E-state index in [1.165, 1.54) is 0 Å². The minimum absolute atomic E-state index is 0.000972. The van der Waals surface area contributed by atoms with Crippen LogP contribution in [0.25, 0.3) is 10.9 Å². The number of carbonyl (C=O) groups is 1. The van der Waals surface area contributed by atoms with Crippen LogP contribution >= 0.6 is 0 Å². The highest BCUT2D eigenvalue weighted by atomic mass is 16.5. The van der Waals surface area contributed by atoms with Gasteiger partial charge in [0.15, 0.2) is 0 Å². The number of pyridine rings is 1. The number of fused-ring (bicyclic) bond motifs is 2. The van der Waals surface area contributed by atoms with Crippen LogP contribution in [0.4, 0.5) is 0 Å². The first-order valence-electron chi connectivity index (χ1n) is 7.09. The zero-order valence-electron chi connectivity index (χ0n) is 11.1. The third-order valence-electron chi connectivity index (χ3n) is 4.47. The minimum atomic E-state index is -0.000972. The Bertz CT molecular complexity index is 665. The number of aromatic nitrogens is 1. The van der Waals surface area contributed by atoms with E-state index in [1.807, 2.05) is 24.3 Å². The maximum Gasteiger partial charge on any atom is 0.252 e. The molecular formula is C16H16N2O2. The van der Waals surface area contributed by atoms with E-state index in [1.54, 1.807) is 12.3 Å². The summed E-state index contributed by atoms with van der Waals surface area (Å²) in [6, 6.07) is 9.80. The average molecular weight is 268 g/mol. The molecule has 20 heavy (non-hydrogen) atoms. The third kappa shape index (κ3) is 1.79. The summed E-state index contributed by atoms with van der Waals surface area (Å²) < 4.78 is 5.58. The lowest BCUT2D eigenvalue weighted by atomic mass is 9.76. The van der Waals surface area contributed by atoms with Crippen molar-refractivity contribution in [2.75, 3.05) is 6.61 Å². The van der Waals surface area contributed by atoms with Gasteiger partial charge in [-0.1, -0.05) is 18.2 Å². The fourth-order valence-corrected chi connectivity index (χ4v) is 3.30. The standard InChI is InChI=1S/C16H16N2O2/c19-16(18-14-9-15-12(14)6-8-20-15)11-5-7-17-13-4-2-1-3-10(11)13/h1-5,7,12,14-15H,6,8-9H2,(H,18,19)/t12-,14+,15+/m0/s1. The monoisotopic (exact) mass is 268 g/mol. The molecule has 102 valence electrons. The number of ether oxygens (including phenoxy) is 1. The number of hydrogen-bond acceptors (Lipinski definition) is 3. The molecule has 1 aliphatic carbocycles. The predicted molar refractivity (Wildman–Crippen MR) is 75.5 cm³/mol. The number of rotatable bonds is 2. The molecule has 2 fully saturated rings. The number of para-hydroxylation sites is 1. The summed E-state index contributed by atoms with van der Waals surface area (Å²) in [5.41, 5.74) is 1.56. The first-order valence-corrected chi connectivity index (χ1v) is 7.09. The lowest BCUT2D eigenvalue weighted by molar-refractivity contribution is 0.00812. The molecule has 1 aliphatic heterocycles. The first kappa shape index (κ1) is 11.9. The van der Waals surface area contributed by atoms with Crippen LogP contribution in [0.3, 0.4) is 0 Å². The largest absolute Gasteiger partial charge is 0.378 e. The van der Waals surface area contributed by atoms with Gasteiger partial charge in [-0.25, -0.2) is 0 Å². The van der Waals surface area contributed by atoms with Crippen LogP contribution in [0.15, 0.2) is 36.5 Å². The smallest absolute Gasteiger partial charge is 0.252 e. The van der Waals surface area contributed by atoms with E-state index in [4.69, 9.17) is 4.74 Å². The van der Waals surface area contributed by atoms with Crippen LogP contribution in [-0.4, -0.2) is 29.6 Å². The van der Waals surface area contributed by atoms with Crippen LogP contribution in [0, 0.1) is 5.92 Å². The Morgan fingerprint density at radius 1 is 1.30 bits per heavy atom. The van der Waals surface area contributed by atoms with Gasteiger partial charge in [0.1, 0.15) is 0 Å². The molecule has 1 aromatic carbocycles. The summed E-state index contributed by atoms with van der Waals surface area (Å²) in [5, 5.41) is 4.06. The Kier molecular flexibility index (Phi) is 2.70. The summed E-state index contributed by atoms with van der Waals surface area (Å²) in [4.78, 5) is 16.8. The lowest BCUT2D eigenvalue weighted by Gasteiger charge is -2.39. The number of amides is 1. The van der Waals surface area contributed by atoms with E-state index in [2.05, 4.69) is 10.3 Å². The first-order chi connectivity index (χ1) is 9.83. The molecule has 0 unspecified atom stereocenters. The third-order valence-corrected chi connectivity index (χ3v) is 4.47. The molecular weight excluding hydrogens is 252 g/mol. The van der Waals surface area contributed by atoms with Gasteiger partial charge in [0.25, 0.3) is 5.91 Å². The van der Waals surface area contributed by atoms with Crippen LogP contribution < -0.4 is 5.32 Å². The van der Waals surface area contributed by atoms with E-state index in [9.17, 15) is 4.79 Å². The summed E-state index contributed by atoms with van der Waals surface area (Å²) in [5.74, 6) is 0.506. The maximum absolute atomic E-state index is 12.5. The molecule has 2 aromatic rings. The minimum Gasteiger partial charge on any atom is -0.378 e. The average Bonchev–Trinajstić information content (AvgIpc) is 2.85. The van der Waals surface area contributed by atoms with Gasteiger partial charge < -0.3 is 10.1 Å². The van der Waals surface area contributed by atoms with E-state index < -0.39 is 0 Å². The van der Waals surface area contributed by atoms with E-state index in [0.717, 1.165) is 30.4 Å². The topological polar surface area (TPSA) is 51.2 Å². The Labute approximate surface area is 117 Å². The van der Waals surface area contributed by atoms with Gasteiger partial charge in [-0.05, 0) is 25.0 Å². The second kappa shape index (κ2) is 4.56. The number of hydrogen-bond donors (Lipinski definition) is 1. The highest BCUT2D eigenvalue weighted by molar-refractivity contribution is 6.06. The van der Waals surface area contributed by atoms with Crippen molar-refractivity contribution in [1.82, 2.24) is 10.3 Å². The molecule has 4 heteroatoms. The van der Waals surface area contributed by atoms with Gasteiger partial charge in [0, 0.05) is 30.1 Å². The molecule has 1 amide bonds. The van der Waals surface area contributed by atoms with Crippen LogP contribution in [0.5, 0.6) is 0 Å². The summed E-state index contributed by atoms with van der Waals surface area (Å²) in [7, 11) is 0. The van der Waals surface area contributed by atoms with Gasteiger partial charge in [-0.15, -0.1) is 0 Å². The fraction of sp³-hybridized carbons (Fsp3) is 0.375. The Balaban J connectivity index is 1.58. The zero-order valence-corrected chi connectivity index (χ0v) is 11.1. The Hall–Kier alpha value is -1.94. The molecule has 3 atom stereocenters. The summed E-state index contributed by atoms with van der Waals surface area (Å²) >= 11 is 0. The highest BCUT2D eigenvalue weighted by Crippen LogP contribution is 2.38. The van der Waals surface area contributed by atoms with Crippen molar-refractivity contribution in [1.29, 1.82) is 0 Å². The van der Waals surface area contributed by atoms with Gasteiger partial charge in [0.2, 0.25) is 0 Å². The number of nitrogens with one attached hydrogen (secondary N) is 1. The van der Waals surface area contributed by atoms with E-state index in [-0.39, 0.29) is 11.9 Å².